The number of carbonyl (C=O) groups excluding carboxylic acids is 1. The molecular weight excluding hydrogens is 212 g/mol. The number of hydrogen-bond acceptors (Lipinski definition) is 2. The molecule has 92 valence electrons. The number of anilines is 1. The average Bonchev–Trinajstić information content (AvgIpc) is 3.03. The third-order valence-corrected chi connectivity index (χ3v) is 3.15. The van der Waals surface area contributed by atoms with Crippen LogP contribution in [0.25, 0.3) is 0 Å². The largest absolute Gasteiger partial charge is 0.385 e. The molecule has 0 bridgehead atoms. The van der Waals surface area contributed by atoms with Crippen molar-refractivity contribution in [3.05, 3.63) is 29.8 Å². The van der Waals surface area contributed by atoms with Gasteiger partial charge in [0.05, 0.1) is 0 Å². The fraction of sp³-hybridized carbons (Fsp3) is 0.500. The van der Waals surface area contributed by atoms with Crippen LogP contribution in [0.2, 0.25) is 0 Å². The van der Waals surface area contributed by atoms with E-state index in [1.54, 1.807) is 0 Å². The molecule has 1 fully saturated rings. The van der Waals surface area contributed by atoms with Crippen molar-refractivity contribution >= 4 is 11.6 Å². The van der Waals surface area contributed by atoms with E-state index in [2.05, 4.69) is 24.5 Å². The number of hydrogen-bond donors (Lipinski definition) is 2. The van der Waals surface area contributed by atoms with E-state index in [0.29, 0.717) is 12.0 Å². The van der Waals surface area contributed by atoms with Crippen LogP contribution in [0.15, 0.2) is 24.3 Å². The van der Waals surface area contributed by atoms with Crippen molar-refractivity contribution in [2.45, 2.75) is 32.7 Å². The number of benzene rings is 1. The fourth-order valence-electron chi connectivity index (χ4n) is 1.78. The molecule has 3 heteroatoms. The fourth-order valence-corrected chi connectivity index (χ4v) is 1.78. The van der Waals surface area contributed by atoms with Crippen LogP contribution in [0.4, 0.5) is 5.69 Å². The third-order valence-electron chi connectivity index (χ3n) is 3.15. The van der Waals surface area contributed by atoms with Gasteiger partial charge in [0.15, 0.2) is 0 Å². The maximum absolute atomic E-state index is 11.8. The van der Waals surface area contributed by atoms with Crippen LogP contribution in [-0.4, -0.2) is 18.5 Å². The minimum atomic E-state index is 0.0430. The van der Waals surface area contributed by atoms with Crippen molar-refractivity contribution in [3.8, 4) is 0 Å². The van der Waals surface area contributed by atoms with E-state index in [1.807, 2.05) is 24.3 Å². The second-order valence-electron chi connectivity index (χ2n) is 4.80. The first-order chi connectivity index (χ1) is 8.20. The van der Waals surface area contributed by atoms with Crippen molar-refractivity contribution in [2.24, 2.45) is 5.92 Å². The van der Waals surface area contributed by atoms with Gasteiger partial charge in [0.2, 0.25) is 0 Å². The first kappa shape index (κ1) is 12.0. The average molecular weight is 232 g/mol. The second kappa shape index (κ2) is 5.21. The molecule has 1 saturated carbocycles. The van der Waals surface area contributed by atoms with E-state index in [4.69, 9.17) is 0 Å². The second-order valence-corrected chi connectivity index (χ2v) is 4.80. The van der Waals surface area contributed by atoms with Gasteiger partial charge in [0, 0.05) is 23.8 Å². The summed E-state index contributed by atoms with van der Waals surface area (Å²) in [7, 11) is 0. The Labute approximate surface area is 103 Å². The zero-order valence-electron chi connectivity index (χ0n) is 10.5. The molecule has 17 heavy (non-hydrogen) atoms. The van der Waals surface area contributed by atoms with Gasteiger partial charge in [-0.3, -0.25) is 4.79 Å². The van der Waals surface area contributed by atoms with E-state index in [9.17, 15) is 4.79 Å². The molecule has 1 aliphatic rings. The highest BCUT2D eigenvalue weighted by molar-refractivity contribution is 5.94. The number of carbonyl (C=O) groups is 1. The molecule has 0 saturated heterocycles. The predicted octanol–water partition coefficient (Wildman–Crippen LogP) is 2.65. The van der Waals surface area contributed by atoms with Crippen molar-refractivity contribution in [2.75, 3.05) is 11.9 Å². The summed E-state index contributed by atoms with van der Waals surface area (Å²) in [5.41, 5.74) is 1.81. The summed E-state index contributed by atoms with van der Waals surface area (Å²) >= 11 is 0. The highest BCUT2D eigenvalue weighted by Crippen LogP contribution is 2.29. The quantitative estimate of drug-likeness (QED) is 0.819. The molecule has 0 spiro atoms. The molecule has 0 aromatic heterocycles. The van der Waals surface area contributed by atoms with Crippen LogP contribution in [0.1, 0.15) is 37.0 Å². The highest BCUT2D eigenvalue weighted by atomic mass is 16.1. The SMILES string of the molecule is CCCNc1ccc(C(=O)NC2CC2C)cc1. The lowest BCUT2D eigenvalue weighted by Crippen LogP contribution is -2.26. The summed E-state index contributed by atoms with van der Waals surface area (Å²) in [6, 6.07) is 8.06. The van der Waals surface area contributed by atoms with Gasteiger partial charge in [-0.15, -0.1) is 0 Å². The minimum absolute atomic E-state index is 0.0430. The standard InChI is InChI=1S/C14H20N2O/c1-3-8-15-12-6-4-11(5-7-12)14(17)16-13-9-10(13)2/h4-7,10,13,15H,3,8-9H2,1-2H3,(H,16,17). The van der Waals surface area contributed by atoms with Gasteiger partial charge < -0.3 is 10.6 Å². The molecule has 1 amide bonds. The van der Waals surface area contributed by atoms with Gasteiger partial charge in [-0.25, -0.2) is 0 Å². The maximum atomic E-state index is 11.8. The number of amides is 1. The van der Waals surface area contributed by atoms with Gasteiger partial charge in [0.25, 0.3) is 5.91 Å². The zero-order chi connectivity index (χ0) is 12.3. The lowest BCUT2D eigenvalue weighted by atomic mass is 10.2. The number of rotatable bonds is 5. The van der Waals surface area contributed by atoms with Crippen LogP contribution >= 0.6 is 0 Å². The Bertz CT molecular complexity index is 386. The molecule has 2 N–H and O–H groups in total. The van der Waals surface area contributed by atoms with E-state index < -0.39 is 0 Å². The summed E-state index contributed by atoms with van der Waals surface area (Å²) in [6.45, 7) is 5.25. The smallest absolute Gasteiger partial charge is 0.251 e. The molecule has 3 nitrogen and oxygen atoms in total. The lowest BCUT2D eigenvalue weighted by Gasteiger charge is -2.07. The Morgan fingerprint density at radius 3 is 2.53 bits per heavy atom. The minimum Gasteiger partial charge on any atom is -0.385 e. The molecular formula is C14H20N2O. The van der Waals surface area contributed by atoms with Crippen LogP contribution in [0.3, 0.4) is 0 Å². The monoisotopic (exact) mass is 232 g/mol. The molecule has 2 atom stereocenters. The molecule has 1 aromatic carbocycles. The predicted molar refractivity (Wildman–Crippen MR) is 70.3 cm³/mol. The molecule has 2 unspecified atom stereocenters. The van der Waals surface area contributed by atoms with Gasteiger partial charge in [-0.2, -0.15) is 0 Å². The normalized spacial score (nSPS) is 22.0. The van der Waals surface area contributed by atoms with Crippen LogP contribution in [0.5, 0.6) is 0 Å². The Kier molecular flexibility index (Phi) is 3.67. The summed E-state index contributed by atoms with van der Waals surface area (Å²) in [6.07, 6.45) is 2.21. The van der Waals surface area contributed by atoms with E-state index in [0.717, 1.165) is 30.6 Å². The molecule has 0 aliphatic heterocycles. The first-order valence-electron chi connectivity index (χ1n) is 6.35. The summed E-state index contributed by atoms with van der Waals surface area (Å²) in [5.74, 6) is 0.686. The van der Waals surface area contributed by atoms with E-state index in [1.165, 1.54) is 0 Å². The van der Waals surface area contributed by atoms with Gasteiger partial charge >= 0.3 is 0 Å². The first-order valence-corrected chi connectivity index (χ1v) is 6.35. The van der Waals surface area contributed by atoms with Crippen molar-refractivity contribution < 1.29 is 4.79 Å². The molecule has 1 aromatic rings. The molecule has 0 heterocycles. The van der Waals surface area contributed by atoms with Gasteiger partial charge in [0.1, 0.15) is 0 Å². The van der Waals surface area contributed by atoms with Gasteiger partial charge in [-0.05, 0) is 43.0 Å². The third kappa shape index (κ3) is 3.22. The Hall–Kier alpha value is -1.51. The maximum Gasteiger partial charge on any atom is 0.251 e. The van der Waals surface area contributed by atoms with Crippen LogP contribution in [0, 0.1) is 5.92 Å². The van der Waals surface area contributed by atoms with E-state index in [-0.39, 0.29) is 5.91 Å². The van der Waals surface area contributed by atoms with Crippen molar-refractivity contribution in [3.63, 3.8) is 0 Å². The van der Waals surface area contributed by atoms with Crippen molar-refractivity contribution in [1.82, 2.24) is 5.32 Å². The van der Waals surface area contributed by atoms with E-state index >= 15 is 0 Å². The Balaban J connectivity index is 1.90. The summed E-state index contributed by atoms with van der Waals surface area (Å²) < 4.78 is 0. The summed E-state index contributed by atoms with van der Waals surface area (Å²) in [5, 5.41) is 6.31. The zero-order valence-corrected chi connectivity index (χ0v) is 10.5. The molecule has 0 radical (unpaired) electrons. The van der Waals surface area contributed by atoms with Crippen LogP contribution < -0.4 is 10.6 Å². The topological polar surface area (TPSA) is 41.1 Å². The Morgan fingerprint density at radius 1 is 1.35 bits per heavy atom. The lowest BCUT2D eigenvalue weighted by molar-refractivity contribution is 0.0949. The number of nitrogens with one attached hydrogen (secondary N) is 2. The van der Waals surface area contributed by atoms with Crippen molar-refractivity contribution in [1.29, 1.82) is 0 Å². The summed E-state index contributed by atoms with van der Waals surface area (Å²) in [4.78, 5) is 11.8. The Morgan fingerprint density at radius 2 is 2.00 bits per heavy atom. The molecule has 1 aliphatic carbocycles. The van der Waals surface area contributed by atoms with Crippen LogP contribution in [-0.2, 0) is 0 Å². The highest BCUT2D eigenvalue weighted by Gasteiger charge is 2.33. The van der Waals surface area contributed by atoms with Gasteiger partial charge in [-0.1, -0.05) is 13.8 Å². The molecule has 2 rings (SSSR count).